The zero-order chi connectivity index (χ0) is 23.3. The summed E-state index contributed by atoms with van der Waals surface area (Å²) in [6.07, 6.45) is 0. The maximum atomic E-state index is 13.9. The molecule has 1 heterocycles. The Morgan fingerprint density at radius 3 is 1.64 bits per heavy atom. The van der Waals surface area contributed by atoms with Gasteiger partial charge in [0.15, 0.2) is 0 Å². The third kappa shape index (κ3) is 2.39. The fourth-order valence-corrected chi connectivity index (χ4v) is 8.19. The van der Waals surface area contributed by atoms with Crippen molar-refractivity contribution in [3.63, 3.8) is 0 Å². The normalized spacial score (nSPS) is 29.0. The number of carbonyl (C=O) groups is 2. The first kappa shape index (κ1) is 21.0. The van der Waals surface area contributed by atoms with E-state index in [9.17, 15) is 19.7 Å². The van der Waals surface area contributed by atoms with Gasteiger partial charge in [0.1, 0.15) is 5.02 Å². The van der Waals surface area contributed by atoms with Gasteiger partial charge in [-0.2, -0.15) is 0 Å². The quantitative estimate of drug-likeness (QED) is 0.168. The van der Waals surface area contributed by atoms with Crippen LogP contribution in [-0.4, -0.2) is 16.7 Å². The first-order valence-electron chi connectivity index (χ1n) is 10.1. The van der Waals surface area contributed by atoms with Gasteiger partial charge in [-0.05, 0) is 34.4 Å². The smallest absolute Gasteiger partial charge is 0.274 e. The second kappa shape index (κ2) is 6.74. The van der Waals surface area contributed by atoms with Crippen molar-refractivity contribution in [2.45, 2.75) is 8.65 Å². The van der Waals surface area contributed by atoms with Gasteiger partial charge in [0.2, 0.25) is 11.8 Å². The number of alkyl halides is 2. The minimum absolute atomic E-state index is 0.0611. The molecule has 1 aliphatic heterocycles. The number of benzene rings is 3. The maximum absolute atomic E-state index is 13.9. The average molecular weight is 589 g/mol. The molecule has 7 rings (SSSR count). The number of nitrogens with zero attached hydrogens (tertiary/aromatic N) is 2. The highest BCUT2D eigenvalue weighted by atomic mass is 79.9. The number of anilines is 1. The predicted octanol–water partition coefficient (Wildman–Crippen LogP) is 5.66. The molecule has 2 amide bonds. The molecular weight excluding hydrogens is 576 g/mol. The summed E-state index contributed by atoms with van der Waals surface area (Å²) in [5.41, 5.74) is 3.47. The van der Waals surface area contributed by atoms with Gasteiger partial charge in [0.25, 0.3) is 5.69 Å². The molecule has 9 heteroatoms. The van der Waals surface area contributed by atoms with Crippen molar-refractivity contribution in [1.29, 1.82) is 0 Å². The summed E-state index contributed by atoms with van der Waals surface area (Å²) >= 11 is 13.8. The average Bonchev–Trinajstić information content (AvgIpc) is 3.09. The third-order valence-electron chi connectivity index (χ3n) is 6.97. The molecule has 6 nitrogen and oxygen atoms in total. The molecule has 2 bridgehead atoms. The van der Waals surface area contributed by atoms with Crippen molar-refractivity contribution in [2.24, 2.45) is 11.8 Å². The van der Waals surface area contributed by atoms with Crippen LogP contribution in [0, 0.1) is 22.0 Å². The highest BCUT2D eigenvalue weighted by Crippen LogP contribution is 2.70. The Labute approximate surface area is 209 Å². The van der Waals surface area contributed by atoms with E-state index in [2.05, 4.69) is 31.9 Å². The van der Waals surface area contributed by atoms with Gasteiger partial charge in [0, 0.05) is 6.07 Å². The first-order valence-corrected chi connectivity index (χ1v) is 12.1. The molecule has 0 unspecified atom stereocenters. The number of imide groups is 1. The Bertz CT molecular complexity index is 1300. The Kier molecular flexibility index (Phi) is 4.29. The Hall–Kier alpha value is -2.55. The monoisotopic (exact) mass is 586 g/mol. The minimum Gasteiger partial charge on any atom is -0.274 e. The van der Waals surface area contributed by atoms with Crippen molar-refractivity contribution in [3.05, 3.63) is 104 Å². The number of nitro benzene ring substituents is 1. The van der Waals surface area contributed by atoms with Crippen LogP contribution in [0.15, 0.2) is 66.7 Å². The summed E-state index contributed by atoms with van der Waals surface area (Å²) in [5, 5.41) is 11.4. The van der Waals surface area contributed by atoms with Crippen LogP contribution < -0.4 is 4.90 Å². The molecule has 1 saturated heterocycles. The zero-order valence-corrected chi connectivity index (χ0v) is 20.6. The number of carbonyl (C=O) groups excluding carboxylic acids is 2. The van der Waals surface area contributed by atoms with Crippen LogP contribution in [0.25, 0.3) is 0 Å². The van der Waals surface area contributed by atoms with E-state index in [4.69, 9.17) is 11.6 Å². The second-order valence-electron chi connectivity index (χ2n) is 8.37. The maximum Gasteiger partial charge on any atom is 0.289 e. The third-order valence-corrected chi connectivity index (χ3v) is 9.98. The summed E-state index contributed by atoms with van der Waals surface area (Å²) in [4.78, 5) is 39.7. The van der Waals surface area contributed by atoms with Crippen LogP contribution in [-0.2, 0) is 18.2 Å². The second-order valence-corrected chi connectivity index (χ2v) is 11.3. The highest BCUT2D eigenvalue weighted by molar-refractivity contribution is 9.10. The van der Waals surface area contributed by atoms with Gasteiger partial charge >= 0.3 is 0 Å². The molecule has 2 atom stereocenters. The molecule has 1 fully saturated rings. The fraction of sp³-hybridized carbons (Fsp3) is 0.167. The predicted molar refractivity (Wildman–Crippen MR) is 130 cm³/mol. The molecule has 33 heavy (non-hydrogen) atoms. The fourth-order valence-electron chi connectivity index (χ4n) is 5.70. The molecule has 3 aromatic carbocycles. The van der Waals surface area contributed by atoms with Gasteiger partial charge < -0.3 is 0 Å². The van der Waals surface area contributed by atoms with Gasteiger partial charge in [-0.1, -0.05) is 92.0 Å². The van der Waals surface area contributed by atoms with Crippen LogP contribution in [0.5, 0.6) is 0 Å². The summed E-state index contributed by atoms with van der Waals surface area (Å²) in [6, 6.07) is 19.5. The number of rotatable bonds is 2. The summed E-state index contributed by atoms with van der Waals surface area (Å²) in [7, 11) is 0. The molecule has 0 aromatic heterocycles. The lowest BCUT2D eigenvalue weighted by Gasteiger charge is -2.55. The minimum atomic E-state index is -0.916. The van der Waals surface area contributed by atoms with Gasteiger partial charge in [-0.3, -0.25) is 19.7 Å². The van der Waals surface area contributed by atoms with Crippen molar-refractivity contribution < 1.29 is 14.5 Å². The number of hydrogen-bond acceptors (Lipinski definition) is 4. The number of hydrogen-bond donors (Lipinski definition) is 0. The van der Waals surface area contributed by atoms with Crippen molar-refractivity contribution >= 4 is 66.6 Å². The Morgan fingerprint density at radius 2 is 1.24 bits per heavy atom. The molecule has 3 aliphatic carbocycles. The molecule has 3 aromatic rings. The van der Waals surface area contributed by atoms with E-state index in [1.54, 1.807) is 0 Å². The topological polar surface area (TPSA) is 80.5 Å². The first-order chi connectivity index (χ1) is 15.7. The van der Waals surface area contributed by atoms with Crippen LogP contribution in [0.3, 0.4) is 0 Å². The molecule has 0 spiro atoms. The lowest BCUT2D eigenvalue weighted by molar-refractivity contribution is -0.384. The van der Waals surface area contributed by atoms with Crippen molar-refractivity contribution in [2.75, 3.05) is 4.90 Å². The van der Waals surface area contributed by atoms with Crippen LogP contribution >= 0.6 is 43.5 Å². The zero-order valence-electron chi connectivity index (χ0n) is 16.7. The summed E-state index contributed by atoms with van der Waals surface area (Å²) < 4.78 is -1.83. The lowest BCUT2D eigenvalue weighted by Crippen LogP contribution is -2.56. The van der Waals surface area contributed by atoms with Gasteiger partial charge in [-0.25, -0.2) is 4.90 Å². The largest absolute Gasteiger partial charge is 0.289 e. The van der Waals surface area contributed by atoms with E-state index < -0.39 is 37.2 Å². The number of amides is 2. The van der Waals surface area contributed by atoms with Gasteiger partial charge in [0.05, 0.1) is 31.1 Å². The van der Waals surface area contributed by atoms with E-state index >= 15 is 0 Å². The molecule has 0 saturated carbocycles. The van der Waals surface area contributed by atoms with E-state index in [1.165, 1.54) is 18.2 Å². The van der Waals surface area contributed by atoms with Crippen LogP contribution in [0.1, 0.15) is 22.3 Å². The van der Waals surface area contributed by atoms with E-state index in [0.717, 1.165) is 27.2 Å². The molecule has 164 valence electrons. The van der Waals surface area contributed by atoms with E-state index in [1.807, 2.05) is 48.5 Å². The van der Waals surface area contributed by atoms with E-state index in [-0.39, 0.29) is 16.4 Å². The SMILES string of the molecule is O=C1[C@@H]2[C@@H](C(=O)N1c1ccc(Cl)c([N+](=O)[O-])c1)C1(Br)c3ccccc3C2(Br)c2ccccc21. The molecule has 4 aliphatic rings. The van der Waals surface area contributed by atoms with Gasteiger partial charge in [-0.15, -0.1) is 0 Å². The summed E-state index contributed by atoms with van der Waals surface area (Å²) in [6.45, 7) is 0. The molecule has 0 N–H and O–H groups in total. The van der Waals surface area contributed by atoms with Crippen molar-refractivity contribution in [3.8, 4) is 0 Å². The Balaban J connectivity index is 1.62. The Morgan fingerprint density at radius 1 is 0.818 bits per heavy atom. The number of halogens is 3. The highest BCUT2D eigenvalue weighted by Gasteiger charge is 2.72. The molecular formula is C24H13Br2ClN2O4. The summed E-state index contributed by atoms with van der Waals surface area (Å²) in [5.74, 6) is -2.31. The number of nitro groups is 1. The molecule has 0 radical (unpaired) electrons. The van der Waals surface area contributed by atoms with E-state index in [0.29, 0.717) is 0 Å². The lowest BCUT2D eigenvalue weighted by atomic mass is 9.54. The van der Waals surface area contributed by atoms with Crippen LogP contribution in [0.2, 0.25) is 5.02 Å². The van der Waals surface area contributed by atoms with Crippen LogP contribution in [0.4, 0.5) is 11.4 Å². The standard InChI is InChI=1S/C24H13Br2ClN2O4/c25-23-13-5-1-2-6-14(13)24(26,16-8-4-3-7-15(16)23)20-19(23)21(30)28(22(20)31)12-9-10-17(27)18(11-12)29(32)33/h1-11,19-20H/t19-,20-,23?,24?/m0/s1. The van der Waals surface area contributed by atoms with Crippen molar-refractivity contribution in [1.82, 2.24) is 0 Å².